The Kier molecular flexibility index (Phi) is 5.17. The molecule has 2 aromatic rings. The highest BCUT2D eigenvalue weighted by Gasteiger charge is 2.52. The van der Waals surface area contributed by atoms with Gasteiger partial charge in [0.1, 0.15) is 5.57 Å². The van der Waals surface area contributed by atoms with Crippen LogP contribution in [0.2, 0.25) is 0 Å². The zero-order valence-electron chi connectivity index (χ0n) is 19.8. The van der Waals surface area contributed by atoms with Gasteiger partial charge in [-0.2, -0.15) is 0 Å². The predicted molar refractivity (Wildman–Crippen MR) is 127 cm³/mol. The van der Waals surface area contributed by atoms with E-state index in [1.54, 1.807) is 14.2 Å². The number of carbonyl (C=O) groups excluding carboxylic acids is 1. The summed E-state index contributed by atoms with van der Waals surface area (Å²) in [6.07, 6.45) is 4.47. The molecule has 0 fully saturated rings. The molecule has 1 unspecified atom stereocenters. The topological polar surface area (TPSA) is 29.8 Å². The summed E-state index contributed by atoms with van der Waals surface area (Å²) in [6.45, 7) is 13.0. The summed E-state index contributed by atoms with van der Waals surface area (Å²) >= 11 is 0. The Morgan fingerprint density at radius 1 is 0.839 bits per heavy atom. The number of ketones is 1. The van der Waals surface area contributed by atoms with Gasteiger partial charge in [-0.3, -0.25) is 0 Å². The molecule has 0 aromatic heterocycles. The molecule has 3 heteroatoms. The van der Waals surface area contributed by atoms with E-state index in [4.69, 9.17) is 13.9 Å². The van der Waals surface area contributed by atoms with E-state index in [1.807, 2.05) is 18.2 Å². The zero-order valence-corrected chi connectivity index (χ0v) is 19.8. The largest absolute Gasteiger partial charge is 0.493 e. The first-order valence-corrected chi connectivity index (χ1v) is 10.7. The first-order chi connectivity index (χ1) is 14.7. The SMILES string of the molecule is COc1ccc(C2=[O+]C3(C)C=C(C)C=C(C)C3=C2c2c(C)cc(C)cc2C)cc1OC. The van der Waals surface area contributed by atoms with E-state index in [0.717, 1.165) is 11.3 Å². The number of hydrogen-bond acceptors (Lipinski definition) is 2. The third-order valence-electron chi connectivity index (χ3n) is 6.20. The average Bonchev–Trinajstić information content (AvgIpc) is 2.99. The van der Waals surface area contributed by atoms with Gasteiger partial charge in [-0.15, -0.1) is 0 Å². The monoisotopic (exact) mass is 415 g/mol. The fraction of sp³-hybridized carbons (Fsp3) is 0.321. The second-order valence-corrected chi connectivity index (χ2v) is 8.85. The molecular weight excluding hydrogens is 384 g/mol. The smallest absolute Gasteiger partial charge is 0.361 e. The normalized spacial score (nSPS) is 20.2. The Labute approximate surface area is 185 Å². The maximum Gasteiger partial charge on any atom is 0.361 e. The van der Waals surface area contributed by atoms with Crippen LogP contribution in [0.5, 0.6) is 11.5 Å². The molecule has 0 amide bonds. The van der Waals surface area contributed by atoms with Gasteiger partial charge in [0.25, 0.3) is 0 Å². The van der Waals surface area contributed by atoms with Crippen LogP contribution >= 0.6 is 0 Å². The van der Waals surface area contributed by atoms with Crippen molar-refractivity contribution in [3.63, 3.8) is 0 Å². The average molecular weight is 416 g/mol. The van der Waals surface area contributed by atoms with Crippen LogP contribution in [0.25, 0.3) is 5.57 Å². The minimum absolute atomic E-state index is 0.509. The van der Waals surface area contributed by atoms with Crippen LogP contribution in [0.3, 0.4) is 0 Å². The number of ether oxygens (including phenoxy) is 2. The minimum atomic E-state index is -0.509. The molecule has 0 N–H and O–H groups in total. The van der Waals surface area contributed by atoms with Crippen molar-refractivity contribution in [2.45, 2.75) is 47.1 Å². The lowest BCUT2D eigenvalue weighted by molar-refractivity contribution is -0.339. The van der Waals surface area contributed by atoms with E-state index >= 15 is 0 Å². The van der Waals surface area contributed by atoms with Gasteiger partial charge < -0.3 is 9.47 Å². The highest BCUT2D eigenvalue weighted by atomic mass is 16.5. The second kappa shape index (κ2) is 7.56. The standard InChI is InChI=1S/C28H31O3/c1-16-11-18(3)24(19(4)12-16)25-26-20(5)13-17(2)15-28(26,6)31-27(25)21-9-10-22(29-7)23(14-21)30-8/h9-15H,1-8H3/q+1. The summed E-state index contributed by atoms with van der Waals surface area (Å²) in [5, 5.41) is 0. The minimum Gasteiger partial charge on any atom is -0.493 e. The lowest BCUT2D eigenvalue weighted by Gasteiger charge is -2.20. The molecule has 2 aromatic carbocycles. The Hall–Kier alpha value is -3.07. The molecule has 160 valence electrons. The predicted octanol–water partition coefficient (Wildman–Crippen LogP) is 6.48. The number of benzene rings is 2. The lowest BCUT2D eigenvalue weighted by Crippen LogP contribution is -2.24. The molecule has 1 heterocycles. The Bertz CT molecular complexity index is 1180. The molecule has 0 radical (unpaired) electrons. The molecule has 1 aliphatic heterocycles. The maximum absolute atomic E-state index is 6.79. The number of hydrogen-bond donors (Lipinski definition) is 0. The summed E-state index contributed by atoms with van der Waals surface area (Å²) in [5.41, 5.74) is 10.4. The highest BCUT2D eigenvalue weighted by Crippen LogP contribution is 2.47. The molecule has 0 saturated carbocycles. The summed E-state index contributed by atoms with van der Waals surface area (Å²) < 4.78 is 17.8. The van der Waals surface area contributed by atoms with E-state index in [-0.39, 0.29) is 0 Å². The number of aryl methyl sites for hydroxylation is 3. The Morgan fingerprint density at radius 2 is 1.48 bits per heavy atom. The van der Waals surface area contributed by atoms with Crippen molar-refractivity contribution >= 4 is 11.4 Å². The summed E-state index contributed by atoms with van der Waals surface area (Å²) in [6, 6.07) is 10.5. The van der Waals surface area contributed by atoms with E-state index in [9.17, 15) is 0 Å². The van der Waals surface area contributed by atoms with E-state index in [0.29, 0.717) is 11.5 Å². The van der Waals surface area contributed by atoms with Crippen molar-refractivity contribution in [2.24, 2.45) is 0 Å². The van der Waals surface area contributed by atoms with Gasteiger partial charge in [0, 0.05) is 19.1 Å². The molecule has 1 atom stereocenters. The molecule has 31 heavy (non-hydrogen) atoms. The summed E-state index contributed by atoms with van der Waals surface area (Å²) in [7, 11) is 3.32. The van der Waals surface area contributed by atoms with E-state index < -0.39 is 5.60 Å². The zero-order chi connectivity index (χ0) is 22.5. The van der Waals surface area contributed by atoms with Crippen molar-refractivity contribution in [1.29, 1.82) is 0 Å². The Morgan fingerprint density at radius 3 is 2.10 bits per heavy atom. The molecule has 0 spiro atoms. The second-order valence-electron chi connectivity index (χ2n) is 8.85. The van der Waals surface area contributed by atoms with Crippen molar-refractivity contribution in [3.05, 3.63) is 87.0 Å². The van der Waals surface area contributed by atoms with Crippen LogP contribution in [0, 0.1) is 20.8 Å². The Balaban J connectivity index is 2.05. The molecule has 0 bridgehead atoms. The van der Waals surface area contributed by atoms with Crippen LogP contribution in [-0.4, -0.2) is 25.6 Å². The number of fused-ring (bicyclic) bond motifs is 1. The number of methoxy groups -OCH3 is 2. The third-order valence-corrected chi connectivity index (χ3v) is 6.20. The van der Waals surface area contributed by atoms with Gasteiger partial charge in [-0.05, 0) is 74.6 Å². The van der Waals surface area contributed by atoms with Crippen molar-refractivity contribution in [1.82, 2.24) is 0 Å². The van der Waals surface area contributed by atoms with Gasteiger partial charge in [-0.25, -0.2) is 4.42 Å². The van der Waals surface area contributed by atoms with Crippen LogP contribution in [0.1, 0.15) is 53.0 Å². The van der Waals surface area contributed by atoms with Gasteiger partial charge in [0.05, 0.1) is 25.4 Å². The molecule has 1 aliphatic carbocycles. The summed E-state index contributed by atoms with van der Waals surface area (Å²) in [4.78, 5) is 0. The van der Waals surface area contributed by atoms with E-state index in [2.05, 4.69) is 65.8 Å². The lowest BCUT2D eigenvalue weighted by atomic mass is 9.77. The van der Waals surface area contributed by atoms with Gasteiger partial charge in [0.15, 0.2) is 11.5 Å². The molecular formula is C28H31O3+. The first kappa shape index (κ1) is 21.2. The summed E-state index contributed by atoms with van der Waals surface area (Å²) in [5.74, 6) is 2.28. The fourth-order valence-electron chi connectivity index (χ4n) is 5.25. The number of allylic oxidation sites excluding steroid dienone is 3. The third kappa shape index (κ3) is 3.42. The molecule has 0 saturated heterocycles. The van der Waals surface area contributed by atoms with Crippen LogP contribution in [0.4, 0.5) is 0 Å². The molecule has 4 rings (SSSR count). The highest BCUT2D eigenvalue weighted by molar-refractivity contribution is 6.32. The van der Waals surface area contributed by atoms with Crippen molar-refractivity contribution in [2.75, 3.05) is 14.2 Å². The van der Waals surface area contributed by atoms with Gasteiger partial charge >= 0.3 is 11.4 Å². The fourth-order valence-corrected chi connectivity index (χ4v) is 5.25. The quantitative estimate of drug-likeness (QED) is 0.535. The van der Waals surface area contributed by atoms with Crippen molar-refractivity contribution in [3.8, 4) is 11.5 Å². The van der Waals surface area contributed by atoms with Crippen molar-refractivity contribution < 1.29 is 13.9 Å². The number of rotatable bonds is 4. The van der Waals surface area contributed by atoms with Crippen LogP contribution in [0.15, 0.2) is 59.2 Å². The van der Waals surface area contributed by atoms with Crippen LogP contribution in [-0.2, 0) is 0 Å². The van der Waals surface area contributed by atoms with E-state index in [1.165, 1.54) is 44.5 Å². The molecule has 2 aliphatic rings. The first-order valence-electron chi connectivity index (χ1n) is 10.7. The maximum atomic E-state index is 6.79. The van der Waals surface area contributed by atoms with Gasteiger partial charge in [-0.1, -0.05) is 23.8 Å². The van der Waals surface area contributed by atoms with Gasteiger partial charge in [0.2, 0.25) is 0 Å². The molecule has 3 nitrogen and oxygen atoms in total. The van der Waals surface area contributed by atoms with Crippen LogP contribution < -0.4 is 9.47 Å².